The molecule has 0 saturated heterocycles. The summed E-state index contributed by atoms with van der Waals surface area (Å²) < 4.78 is 10.3. The van der Waals surface area contributed by atoms with Crippen molar-refractivity contribution in [3.63, 3.8) is 0 Å². The summed E-state index contributed by atoms with van der Waals surface area (Å²) in [4.78, 5) is 11.5. The van der Waals surface area contributed by atoms with Gasteiger partial charge in [0.1, 0.15) is 5.75 Å². The number of hydrogen-bond acceptors (Lipinski definition) is 3. The van der Waals surface area contributed by atoms with Crippen LogP contribution in [0.4, 0.5) is 0 Å². The van der Waals surface area contributed by atoms with E-state index in [0.717, 1.165) is 22.4 Å². The minimum atomic E-state index is -0.212. The second kappa shape index (κ2) is 6.75. The Labute approximate surface area is 119 Å². The lowest BCUT2D eigenvalue weighted by Crippen LogP contribution is -2.07. The Balaban J connectivity index is 2.27. The highest BCUT2D eigenvalue weighted by molar-refractivity contribution is 5.75. The van der Waals surface area contributed by atoms with Crippen molar-refractivity contribution >= 4 is 5.97 Å². The van der Waals surface area contributed by atoms with Crippen LogP contribution in [0.25, 0.3) is 11.1 Å². The Morgan fingerprint density at radius 2 is 2.15 bits per heavy atom. The molecule has 0 aliphatic rings. The van der Waals surface area contributed by atoms with Gasteiger partial charge < -0.3 is 9.47 Å². The van der Waals surface area contributed by atoms with Crippen molar-refractivity contribution in [1.82, 2.24) is 0 Å². The summed E-state index contributed by atoms with van der Waals surface area (Å²) in [5, 5.41) is 0. The molecule has 3 heteroatoms. The van der Waals surface area contributed by atoms with E-state index in [4.69, 9.17) is 9.47 Å². The number of carbonyl (C=O) groups is 1. The van der Waals surface area contributed by atoms with Crippen LogP contribution in [0.5, 0.6) is 5.75 Å². The van der Waals surface area contributed by atoms with Crippen LogP contribution in [0.1, 0.15) is 12.5 Å². The van der Waals surface area contributed by atoms with E-state index >= 15 is 0 Å². The van der Waals surface area contributed by atoms with E-state index in [0.29, 0.717) is 6.61 Å². The standard InChI is InChI=1S/C17H17O3/c1-3-20-17(18)12-13-7-6-8-14(11-13)15-9-4-5-10-16(15)19-2/h5-11H,3,12H2,1-2H3. The molecule has 103 valence electrons. The Morgan fingerprint density at radius 1 is 1.30 bits per heavy atom. The van der Waals surface area contributed by atoms with Crippen molar-refractivity contribution < 1.29 is 14.3 Å². The average molecular weight is 269 g/mol. The largest absolute Gasteiger partial charge is 0.496 e. The van der Waals surface area contributed by atoms with Crippen LogP contribution in [-0.4, -0.2) is 19.7 Å². The molecule has 0 aromatic heterocycles. The fraction of sp³-hybridized carbons (Fsp3) is 0.235. The third kappa shape index (κ3) is 3.38. The Bertz CT molecular complexity index is 590. The molecule has 20 heavy (non-hydrogen) atoms. The van der Waals surface area contributed by atoms with Crippen LogP contribution < -0.4 is 4.74 Å². The number of esters is 1. The minimum Gasteiger partial charge on any atom is -0.496 e. The van der Waals surface area contributed by atoms with Crippen LogP contribution in [0.3, 0.4) is 0 Å². The van der Waals surface area contributed by atoms with Gasteiger partial charge in [0.15, 0.2) is 0 Å². The van der Waals surface area contributed by atoms with Gasteiger partial charge in [-0.25, -0.2) is 0 Å². The summed E-state index contributed by atoms with van der Waals surface area (Å²) in [6.45, 7) is 2.21. The van der Waals surface area contributed by atoms with Gasteiger partial charge in [0.05, 0.1) is 20.1 Å². The molecule has 2 rings (SSSR count). The summed E-state index contributed by atoms with van der Waals surface area (Å²) in [6, 6.07) is 16.4. The lowest BCUT2D eigenvalue weighted by Gasteiger charge is -2.09. The second-order valence-electron chi connectivity index (χ2n) is 4.31. The van der Waals surface area contributed by atoms with Gasteiger partial charge in [0, 0.05) is 5.56 Å². The Morgan fingerprint density at radius 3 is 2.90 bits per heavy atom. The van der Waals surface area contributed by atoms with Crippen LogP contribution in [0.15, 0.2) is 42.5 Å². The van der Waals surface area contributed by atoms with E-state index in [1.54, 1.807) is 14.0 Å². The number of carbonyl (C=O) groups excluding carboxylic acids is 1. The molecular formula is C17H17O3. The smallest absolute Gasteiger partial charge is 0.310 e. The van der Waals surface area contributed by atoms with Gasteiger partial charge in [-0.05, 0) is 36.2 Å². The molecule has 1 radical (unpaired) electrons. The van der Waals surface area contributed by atoms with Gasteiger partial charge in [-0.2, -0.15) is 0 Å². The molecule has 0 atom stereocenters. The average Bonchev–Trinajstić information content (AvgIpc) is 2.47. The maximum Gasteiger partial charge on any atom is 0.310 e. The predicted molar refractivity (Wildman–Crippen MR) is 77.6 cm³/mol. The van der Waals surface area contributed by atoms with Crippen LogP contribution in [0.2, 0.25) is 0 Å². The summed E-state index contributed by atoms with van der Waals surface area (Å²) >= 11 is 0. The maximum atomic E-state index is 11.5. The van der Waals surface area contributed by atoms with E-state index in [1.165, 1.54) is 0 Å². The fourth-order valence-corrected chi connectivity index (χ4v) is 2.05. The topological polar surface area (TPSA) is 35.5 Å². The van der Waals surface area contributed by atoms with Crippen LogP contribution in [-0.2, 0) is 16.0 Å². The molecule has 2 aromatic carbocycles. The SMILES string of the molecule is CCOC(=O)Cc1cccc(-c2c[c]ccc2OC)c1. The number of rotatable bonds is 5. The zero-order chi connectivity index (χ0) is 14.4. The molecule has 0 N–H and O–H groups in total. The molecule has 2 aromatic rings. The highest BCUT2D eigenvalue weighted by Gasteiger charge is 2.08. The van der Waals surface area contributed by atoms with E-state index in [-0.39, 0.29) is 12.4 Å². The molecule has 0 amide bonds. The van der Waals surface area contributed by atoms with Gasteiger partial charge in [0.2, 0.25) is 0 Å². The molecule has 0 heterocycles. The van der Waals surface area contributed by atoms with Crippen molar-refractivity contribution in [1.29, 1.82) is 0 Å². The molecule has 0 aliphatic heterocycles. The highest BCUT2D eigenvalue weighted by atomic mass is 16.5. The lowest BCUT2D eigenvalue weighted by molar-refractivity contribution is -0.142. The summed E-state index contributed by atoms with van der Waals surface area (Å²) in [5.41, 5.74) is 2.88. The van der Waals surface area contributed by atoms with Crippen LogP contribution in [0, 0.1) is 6.07 Å². The summed E-state index contributed by atoms with van der Waals surface area (Å²) in [5.74, 6) is 0.577. The number of methoxy groups -OCH3 is 1. The summed E-state index contributed by atoms with van der Waals surface area (Å²) in [7, 11) is 1.64. The second-order valence-corrected chi connectivity index (χ2v) is 4.31. The molecule has 0 unspecified atom stereocenters. The fourth-order valence-electron chi connectivity index (χ4n) is 2.05. The molecule has 3 nitrogen and oxygen atoms in total. The normalized spacial score (nSPS) is 10.1. The predicted octanol–water partition coefficient (Wildman–Crippen LogP) is 3.27. The number of ether oxygens (including phenoxy) is 2. The van der Waals surface area contributed by atoms with Gasteiger partial charge in [-0.1, -0.05) is 30.3 Å². The summed E-state index contributed by atoms with van der Waals surface area (Å²) in [6.07, 6.45) is 0.278. The monoisotopic (exact) mass is 269 g/mol. The lowest BCUT2D eigenvalue weighted by atomic mass is 10.0. The van der Waals surface area contributed by atoms with Crippen LogP contribution >= 0.6 is 0 Å². The molecular weight excluding hydrogens is 252 g/mol. The van der Waals surface area contributed by atoms with Crippen molar-refractivity contribution in [3.8, 4) is 16.9 Å². The Kier molecular flexibility index (Phi) is 4.77. The third-order valence-corrected chi connectivity index (χ3v) is 2.94. The van der Waals surface area contributed by atoms with Crippen molar-refractivity contribution in [2.75, 3.05) is 13.7 Å². The quantitative estimate of drug-likeness (QED) is 0.781. The molecule has 0 fully saturated rings. The molecule has 0 bridgehead atoms. The molecule has 0 spiro atoms. The first kappa shape index (κ1) is 14.1. The maximum absolute atomic E-state index is 11.5. The van der Waals surface area contributed by atoms with Gasteiger partial charge in [-0.15, -0.1) is 0 Å². The van der Waals surface area contributed by atoms with Crippen molar-refractivity contribution in [2.45, 2.75) is 13.3 Å². The first-order chi connectivity index (χ1) is 9.74. The number of hydrogen-bond donors (Lipinski definition) is 0. The van der Waals surface area contributed by atoms with E-state index < -0.39 is 0 Å². The zero-order valence-corrected chi connectivity index (χ0v) is 11.7. The molecule has 0 saturated carbocycles. The zero-order valence-electron chi connectivity index (χ0n) is 11.7. The first-order valence-corrected chi connectivity index (χ1v) is 6.53. The van der Waals surface area contributed by atoms with Crippen molar-refractivity contribution in [3.05, 3.63) is 54.1 Å². The van der Waals surface area contributed by atoms with Crippen molar-refractivity contribution in [2.24, 2.45) is 0 Å². The molecule has 0 aliphatic carbocycles. The van der Waals surface area contributed by atoms with E-state index in [1.807, 2.05) is 42.5 Å². The third-order valence-electron chi connectivity index (χ3n) is 2.94. The van der Waals surface area contributed by atoms with Gasteiger partial charge >= 0.3 is 5.97 Å². The highest BCUT2D eigenvalue weighted by Crippen LogP contribution is 2.29. The minimum absolute atomic E-state index is 0.212. The first-order valence-electron chi connectivity index (χ1n) is 6.53. The van der Waals surface area contributed by atoms with E-state index in [2.05, 4.69) is 6.07 Å². The Hall–Kier alpha value is -2.29. The van der Waals surface area contributed by atoms with E-state index in [9.17, 15) is 4.79 Å². The number of benzene rings is 2. The van der Waals surface area contributed by atoms with Gasteiger partial charge in [-0.3, -0.25) is 4.79 Å². The van der Waals surface area contributed by atoms with Gasteiger partial charge in [0.25, 0.3) is 0 Å².